The minimum absolute atomic E-state index is 0.239. The molecule has 0 unspecified atom stereocenters. The van der Waals surface area contributed by atoms with Crippen LogP contribution in [0.15, 0.2) is 53.4 Å². The zero-order valence-electron chi connectivity index (χ0n) is 14.1. The van der Waals surface area contributed by atoms with Crippen molar-refractivity contribution in [3.05, 3.63) is 59.1 Å². The highest BCUT2D eigenvalue weighted by molar-refractivity contribution is 7.89. The van der Waals surface area contributed by atoms with Crippen LogP contribution in [0.4, 0.5) is 5.69 Å². The third-order valence-corrected chi connectivity index (χ3v) is 6.33. The summed E-state index contributed by atoms with van der Waals surface area (Å²) >= 11 is 5.85. The van der Waals surface area contributed by atoms with Crippen LogP contribution in [0.2, 0.25) is 5.02 Å². The smallest absolute Gasteiger partial charge is 0.243 e. The predicted molar refractivity (Wildman–Crippen MR) is 99.6 cm³/mol. The number of hydrogen-bond donors (Lipinski definition) is 0. The van der Waals surface area contributed by atoms with E-state index in [1.54, 1.807) is 19.2 Å². The number of anilines is 1. The SMILES string of the molecule is CN(Cc1ccccc1N1CCOCC1)S(=O)(=O)c1ccc(Cl)cc1. The molecule has 2 aromatic rings. The number of rotatable bonds is 5. The van der Waals surface area contributed by atoms with Crippen LogP contribution < -0.4 is 4.90 Å². The lowest BCUT2D eigenvalue weighted by atomic mass is 10.1. The van der Waals surface area contributed by atoms with Crippen molar-refractivity contribution in [3.63, 3.8) is 0 Å². The molecule has 0 atom stereocenters. The maximum Gasteiger partial charge on any atom is 0.243 e. The summed E-state index contributed by atoms with van der Waals surface area (Å²) in [5, 5.41) is 0.513. The van der Waals surface area contributed by atoms with Crippen molar-refractivity contribution in [2.24, 2.45) is 0 Å². The Balaban J connectivity index is 1.83. The third-order valence-electron chi connectivity index (χ3n) is 4.26. The van der Waals surface area contributed by atoms with Gasteiger partial charge in [0.1, 0.15) is 0 Å². The van der Waals surface area contributed by atoms with E-state index in [2.05, 4.69) is 4.90 Å². The first-order valence-electron chi connectivity index (χ1n) is 8.11. The zero-order valence-corrected chi connectivity index (χ0v) is 15.6. The molecule has 1 aliphatic heterocycles. The molecule has 0 N–H and O–H groups in total. The highest BCUT2D eigenvalue weighted by atomic mass is 35.5. The Morgan fingerprint density at radius 1 is 1.08 bits per heavy atom. The molecule has 1 heterocycles. The molecule has 2 aromatic carbocycles. The standard InChI is InChI=1S/C18H21ClN2O3S/c1-20(25(22,23)17-8-6-16(19)7-9-17)14-15-4-2-3-5-18(15)21-10-12-24-13-11-21/h2-9H,10-14H2,1H3. The van der Waals surface area contributed by atoms with Crippen molar-refractivity contribution < 1.29 is 13.2 Å². The lowest BCUT2D eigenvalue weighted by Gasteiger charge is -2.31. The fraction of sp³-hybridized carbons (Fsp3) is 0.333. The van der Waals surface area contributed by atoms with Crippen LogP contribution in [-0.4, -0.2) is 46.1 Å². The van der Waals surface area contributed by atoms with E-state index in [0.29, 0.717) is 24.8 Å². The van der Waals surface area contributed by atoms with Gasteiger partial charge in [-0.05, 0) is 35.9 Å². The van der Waals surface area contributed by atoms with Gasteiger partial charge in [0.2, 0.25) is 10.0 Å². The van der Waals surface area contributed by atoms with Gasteiger partial charge >= 0.3 is 0 Å². The van der Waals surface area contributed by atoms with Crippen LogP contribution in [0.25, 0.3) is 0 Å². The van der Waals surface area contributed by atoms with Gasteiger partial charge in [0.05, 0.1) is 18.1 Å². The van der Waals surface area contributed by atoms with Crippen molar-refractivity contribution in [3.8, 4) is 0 Å². The number of hydrogen-bond acceptors (Lipinski definition) is 4. The minimum Gasteiger partial charge on any atom is -0.378 e. The molecule has 0 amide bonds. The Kier molecular flexibility index (Phi) is 5.64. The molecule has 5 nitrogen and oxygen atoms in total. The number of nitrogens with zero attached hydrogens (tertiary/aromatic N) is 2. The van der Waals surface area contributed by atoms with Gasteiger partial charge in [0.15, 0.2) is 0 Å². The van der Waals surface area contributed by atoms with E-state index in [0.717, 1.165) is 24.3 Å². The van der Waals surface area contributed by atoms with Gasteiger partial charge in [-0.2, -0.15) is 4.31 Å². The highest BCUT2D eigenvalue weighted by Crippen LogP contribution is 2.25. The number of sulfonamides is 1. The maximum absolute atomic E-state index is 12.8. The van der Waals surface area contributed by atoms with Crippen molar-refractivity contribution in [2.75, 3.05) is 38.3 Å². The molecular formula is C18H21ClN2O3S. The van der Waals surface area contributed by atoms with Gasteiger partial charge in [-0.3, -0.25) is 0 Å². The summed E-state index contributed by atoms with van der Waals surface area (Å²) in [6, 6.07) is 14.1. The van der Waals surface area contributed by atoms with Crippen LogP contribution in [0.1, 0.15) is 5.56 Å². The molecule has 0 aliphatic carbocycles. The summed E-state index contributed by atoms with van der Waals surface area (Å²) < 4.78 is 32.3. The molecule has 0 spiro atoms. The molecule has 1 fully saturated rings. The summed E-state index contributed by atoms with van der Waals surface area (Å²) in [5.74, 6) is 0. The first-order valence-corrected chi connectivity index (χ1v) is 9.93. The van der Waals surface area contributed by atoms with Gasteiger partial charge in [-0.25, -0.2) is 8.42 Å². The van der Waals surface area contributed by atoms with E-state index in [1.807, 2.05) is 24.3 Å². The number of benzene rings is 2. The van der Waals surface area contributed by atoms with Crippen LogP contribution >= 0.6 is 11.6 Å². The predicted octanol–water partition coefficient (Wildman–Crippen LogP) is 3.00. The van der Waals surface area contributed by atoms with Crippen molar-refractivity contribution in [1.29, 1.82) is 0 Å². The fourth-order valence-corrected chi connectivity index (χ4v) is 4.14. The lowest BCUT2D eigenvalue weighted by molar-refractivity contribution is 0.122. The monoisotopic (exact) mass is 380 g/mol. The first kappa shape index (κ1) is 18.2. The molecule has 1 aliphatic rings. The highest BCUT2D eigenvalue weighted by Gasteiger charge is 2.23. The fourth-order valence-electron chi connectivity index (χ4n) is 2.87. The van der Waals surface area contributed by atoms with E-state index in [-0.39, 0.29) is 4.90 Å². The molecule has 0 bridgehead atoms. The number of halogens is 1. The van der Waals surface area contributed by atoms with E-state index >= 15 is 0 Å². The summed E-state index contributed by atoms with van der Waals surface area (Å²) in [6.07, 6.45) is 0. The average Bonchev–Trinajstić information content (AvgIpc) is 2.63. The van der Waals surface area contributed by atoms with E-state index < -0.39 is 10.0 Å². The second-order valence-electron chi connectivity index (χ2n) is 5.94. The summed E-state index contributed by atoms with van der Waals surface area (Å²) in [5.41, 5.74) is 2.04. The van der Waals surface area contributed by atoms with Crippen LogP contribution in [0.3, 0.4) is 0 Å². The second-order valence-corrected chi connectivity index (χ2v) is 8.42. The molecule has 1 saturated heterocycles. The number of ether oxygens (including phenoxy) is 1. The molecule has 3 rings (SSSR count). The molecule has 7 heteroatoms. The molecule has 25 heavy (non-hydrogen) atoms. The van der Waals surface area contributed by atoms with Gasteiger partial charge in [0, 0.05) is 37.4 Å². The zero-order chi connectivity index (χ0) is 17.9. The quantitative estimate of drug-likeness (QED) is 0.800. The van der Waals surface area contributed by atoms with Crippen molar-refractivity contribution in [1.82, 2.24) is 4.31 Å². The van der Waals surface area contributed by atoms with Gasteiger partial charge in [0.25, 0.3) is 0 Å². The Bertz CT molecular complexity index is 818. The van der Waals surface area contributed by atoms with E-state index in [1.165, 1.54) is 16.4 Å². The van der Waals surface area contributed by atoms with Gasteiger partial charge < -0.3 is 9.64 Å². The molecule has 0 aromatic heterocycles. The van der Waals surface area contributed by atoms with Gasteiger partial charge in [-0.15, -0.1) is 0 Å². The van der Waals surface area contributed by atoms with E-state index in [4.69, 9.17) is 16.3 Å². The third kappa shape index (κ3) is 4.15. The van der Waals surface area contributed by atoms with Crippen LogP contribution in [-0.2, 0) is 21.3 Å². The topological polar surface area (TPSA) is 49.9 Å². The Hall–Kier alpha value is -1.60. The Morgan fingerprint density at radius 2 is 1.72 bits per heavy atom. The largest absolute Gasteiger partial charge is 0.378 e. The molecule has 134 valence electrons. The van der Waals surface area contributed by atoms with Crippen LogP contribution in [0.5, 0.6) is 0 Å². The average molecular weight is 381 g/mol. The Labute approximate surface area is 153 Å². The van der Waals surface area contributed by atoms with Crippen LogP contribution in [0, 0.1) is 0 Å². The van der Waals surface area contributed by atoms with Crippen molar-refractivity contribution >= 4 is 27.3 Å². The summed E-state index contributed by atoms with van der Waals surface area (Å²) in [6.45, 7) is 3.30. The minimum atomic E-state index is -3.57. The molecular weight excluding hydrogens is 360 g/mol. The number of morpholine rings is 1. The normalized spacial score (nSPS) is 15.6. The maximum atomic E-state index is 12.8. The molecule has 0 saturated carbocycles. The Morgan fingerprint density at radius 3 is 2.40 bits per heavy atom. The van der Waals surface area contributed by atoms with Gasteiger partial charge in [-0.1, -0.05) is 29.8 Å². The lowest BCUT2D eigenvalue weighted by Crippen LogP contribution is -2.37. The van der Waals surface area contributed by atoms with E-state index in [9.17, 15) is 8.42 Å². The summed E-state index contributed by atoms with van der Waals surface area (Å²) in [4.78, 5) is 2.48. The van der Waals surface area contributed by atoms with Crippen molar-refractivity contribution in [2.45, 2.75) is 11.4 Å². The number of para-hydroxylation sites is 1. The first-order chi connectivity index (χ1) is 12.0. The summed E-state index contributed by atoms with van der Waals surface area (Å²) in [7, 11) is -1.97. The molecule has 0 radical (unpaired) electrons. The second kappa shape index (κ2) is 7.74.